The van der Waals surface area contributed by atoms with E-state index in [1.807, 2.05) is 18.2 Å². The van der Waals surface area contributed by atoms with Crippen LogP contribution < -0.4 is 9.47 Å². The number of carbonyl (C=O) groups is 1. The predicted molar refractivity (Wildman–Crippen MR) is 49.5 cm³/mol. The van der Waals surface area contributed by atoms with E-state index in [-0.39, 0.29) is 5.92 Å². The Hall–Kier alpha value is -1.51. The maximum absolute atomic E-state index is 10.6. The molecule has 2 atom stereocenters. The highest BCUT2D eigenvalue weighted by molar-refractivity contribution is 5.64. The SMILES string of the molecule is O=CC1CC1c1cccc2c1OCO2. The van der Waals surface area contributed by atoms with E-state index in [2.05, 4.69) is 0 Å². The second-order valence-corrected chi connectivity index (χ2v) is 3.72. The molecule has 0 radical (unpaired) electrons. The van der Waals surface area contributed by atoms with Gasteiger partial charge in [-0.05, 0) is 18.4 Å². The Morgan fingerprint density at radius 1 is 1.36 bits per heavy atom. The first-order chi connectivity index (χ1) is 6.90. The van der Waals surface area contributed by atoms with Gasteiger partial charge in [0.05, 0.1) is 0 Å². The lowest BCUT2D eigenvalue weighted by Crippen LogP contribution is -1.94. The number of fused-ring (bicyclic) bond motifs is 1. The molecule has 2 unspecified atom stereocenters. The highest BCUT2D eigenvalue weighted by Gasteiger charge is 2.41. The molecule has 1 aromatic rings. The van der Waals surface area contributed by atoms with Crippen LogP contribution in [0.3, 0.4) is 0 Å². The summed E-state index contributed by atoms with van der Waals surface area (Å²) in [5.41, 5.74) is 1.12. The average molecular weight is 190 g/mol. The molecule has 3 rings (SSSR count). The van der Waals surface area contributed by atoms with E-state index in [9.17, 15) is 4.79 Å². The summed E-state index contributed by atoms with van der Waals surface area (Å²) < 4.78 is 10.7. The lowest BCUT2D eigenvalue weighted by molar-refractivity contribution is -0.108. The number of benzene rings is 1. The zero-order valence-electron chi connectivity index (χ0n) is 7.60. The largest absolute Gasteiger partial charge is 0.454 e. The maximum Gasteiger partial charge on any atom is 0.231 e. The number of para-hydroxylation sites is 1. The minimum atomic E-state index is 0.186. The van der Waals surface area contributed by atoms with Gasteiger partial charge in [-0.1, -0.05) is 12.1 Å². The van der Waals surface area contributed by atoms with E-state index in [1.54, 1.807) is 0 Å². The predicted octanol–water partition coefficient (Wildman–Crippen LogP) is 1.72. The topological polar surface area (TPSA) is 35.5 Å². The number of ether oxygens (including phenoxy) is 2. The molecular weight excluding hydrogens is 180 g/mol. The molecule has 1 aromatic carbocycles. The lowest BCUT2D eigenvalue weighted by Gasteiger charge is -2.03. The molecule has 1 heterocycles. The molecule has 0 spiro atoms. The summed E-state index contributed by atoms with van der Waals surface area (Å²) in [4.78, 5) is 10.6. The molecule has 1 aliphatic carbocycles. The van der Waals surface area contributed by atoms with Gasteiger partial charge in [0, 0.05) is 11.5 Å². The van der Waals surface area contributed by atoms with Crippen molar-refractivity contribution in [2.75, 3.05) is 6.79 Å². The molecule has 2 aliphatic rings. The van der Waals surface area contributed by atoms with Crippen LogP contribution in [0.5, 0.6) is 11.5 Å². The molecule has 0 saturated heterocycles. The molecule has 3 heteroatoms. The van der Waals surface area contributed by atoms with E-state index in [1.165, 1.54) is 0 Å². The fourth-order valence-corrected chi connectivity index (χ4v) is 1.97. The summed E-state index contributed by atoms with van der Waals surface area (Å²) in [6, 6.07) is 5.86. The fraction of sp³-hybridized carbons (Fsp3) is 0.364. The standard InChI is InChI=1S/C11H10O3/c12-5-7-4-9(7)8-2-1-3-10-11(8)14-6-13-10/h1-3,5,7,9H,4,6H2. The zero-order chi connectivity index (χ0) is 9.54. The average Bonchev–Trinajstić information content (AvgIpc) is 2.85. The minimum absolute atomic E-state index is 0.186. The van der Waals surface area contributed by atoms with Gasteiger partial charge in [0.2, 0.25) is 6.79 Å². The van der Waals surface area contributed by atoms with Gasteiger partial charge in [0.25, 0.3) is 0 Å². The number of carbonyl (C=O) groups excluding carboxylic acids is 1. The van der Waals surface area contributed by atoms with Crippen molar-refractivity contribution in [3.05, 3.63) is 23.8 Å². The van der Waals surface area contributed by atoms with Gasteiger partial charge in [0.15, 0.2) is 11.5 Å². The van der Waals surface area contributed by atoms with Gasteiger partial charge in [0.1, 0.15) is 6.29 Å². The summed E-state index contributed by atoms with van der Waals surface area (Å²) in [5, 5.41) is 0. The molecule has 1 fully saturated rings. The number of aldehydes is 1. The molecule has 0 N–H and O–H groups in total. The smallest absolute Gasteiger partial charge is 0.231 e. The summed E-state index contributed by atoms with van der Waals surface area (Å²) in [7, 11) is 0. The lowest BCUT2D eigenvalue weighted by atomic mass is 10.1. The van der Waals surface area contributed by atoms with Crippen LogP contribution in [-0.4, -0.2) is 13.1 Å². The van der Waals surface area contributed by atoms with E-state index in [4.69, 9.17) is 9.47 Å². The van der Waals surface area contributed by atoms with Crippen LogP contribution in [0.2, 0.25) is 0 Å². The molecule has 1 aliphatic heterocycles. The van der Waals surface area contributed by atoms with Gasteiger partial charge in [-0.3, -0.25) is 0 Å². The van der Waals surface area contributed by atoms with Crippen molar-refractivity contribution in [2.45, 2.75) is 12.3 Å². The van der Waals surface area contributed by atoms with Gasteiger partial charge in [-0.15, -0.1) is 0 Å². The van der Waals surface area contributed by atoms with Crippen molar-refractivity contribution in [1.82, 2.24) is 0 Å². The van der Waals surface area contributed by atoms with E-state index >= 15 is 0 Å². The Labute approximate surface area is 81.6 Å². The van der Waals surface area contributed by atoms with Gasteiger partial charge in [-0.25, -0.2) is 0 Å². The normalized spacial score (nSPS) is 27.4. The van der Waals surface area contributed by atoms with Crippen LogP contribution in [0.4, 0.5) is 0 Å². The molecule has 0 aromatic heterocycles. The Bertz CT molecular complexity index is 386. The highest BCUT2D eigenvalue weighted by atomic mass is 16.7. The van der Waals surface area contributed by atoms with Crippen molar-refractivity contribution < 1.29 is 14.3 Å². The monoisotopic (exact) mass is 190 g/mol. The number of rotatable bonds is 2. The first kappa shape index (κ1) is 7.85. The van der Waals surface area contributed by atoms with Crippen LogP contribution in [0.1, 0.15) is 17.9 Å². The van der Waals surface area contributed by atoms with Gasteiger partial charge >= 0.3 is 0 Å². The van der Waals surface area contributed by atoms with Crippen LogP contribution in [0.25, 0.3) is 0 Å². The summed E-state index contributed by atoms with van der Waals surface area (Å²) in [6.07, 6.45) is 1.98. The summed E-state index contributed by atoms with van der Waals surface area (Å²) in [6.45, 7) is 0.296. The third-order valence-electron chi connectivity index (χ3n) is 2.84. The molecule has 14 heavy (non-hydrogen) atoms. The van der Waals surface area contributed by atoms with Crippen LogP contribution in [0.15, 0.2) is 18.2 Å². The fourth-order valence-electron chi connectivity index (χ4n) is 1.97. The molecular formula is C11H10O3. The Kier molecular flexibility index (Phi) is 1.54. The van der Waals surface area contributed by atoms with E-state index in [0.717, 1.165) is 29.8 Å². The second-order valence-electron chi connectivity index (χ2n) is 3.72. The maximum atomic E-state index is 10.6. The van der Waals surface area contributed by atoms with Crippen molar-refractivity contribution in [1.29, 1.82) is 0 Å². The quantitative estimate of drug-likeness (QED) is 0.666. The van der Waals surface area contributed by atoms with Gasteiger partial charge in [-0.2, -0.15) is 0 Å². The van der Waals surface area contributed by atoms with E-state index < -0.39 is 0 Å². The minimum Gasteiger partial charge on any atom is -0.454 e. The molecule has 72 valence electrons. The van der Waals surface area contributed by atoms with Crippen molar-refractivity contribution in [3.63, 3.8) is 0 Å². The molecule has 0 bridgehead atoms. The Balaban J connectivity index is 1.99. The van der Waals surface area contributed by atoms with Crippen LogP contribution in [-0.2, 0) is 4.79 Å². The van der Waals surface area contributed by atoms with Gasteiger partial charge < -0.3 is 14.3 Å². The third kappa shape index (κ3) is 1.02. The summed E-state index contributed by atoms with van der Waals surface area (Å²) in [5.74, 6) is 2.18. The van der Waals surface area contributed by atoms with Crippen LogP contribution >= 0.6 is 0 Å². The molecule has 0 amide bonds. The van der Waals surface area contributed by atoms with Crippen molar-refractivity contribution >= 4 is 6.29 Å². The zero-order valence-corrected chi connectivity index (χ0v) is 7.60. The number of hydrogen-bond donors (Lipinski definition) is 0. The van der Waals surface area contributed by atoms with Crippen LogP contribution in [0, 0.1) is 5.92 Å². The molecule has 3 nitrogen and oxygen atoms in total. The highest BCUT2D eigenvalue weighted by Crippen LogP contribution is 2.52. The number of hydrogen-bond acceptors (Lipinski definition) is 3. The second kappa shape index (κ2) is 2.74. The Morgan fingerprint density at radius 3 is 3.07 bits per heavy atom. The Morgan fingerprint density at radius 2 is 2.29 bits per heavy atom. The van der Waals surface area contributed by atoms with E-state index in [0.29, 0.717) is 12.7 Å². The summed E-state index contributed by atoms with van der Waals surface area (Å²) >= 11 is 0. The third-order valence-corrected chi connectivity index (χ3v) is 2.84. The van der Waals surface area contributed by atoms with Crippen molar-refractivity contribution in [3.8, 4) is 11.5 Å². The first-order valence-corrected chi connectivity index (χ1v) is 4.74. The molecule has 1 saturated carbocycles. The first-order valence-electron chi connectivity index (χ1n) is 4.74. The van der Waals surface area contributed by atoms with Crippen molar-refractivity contribution in [2.24, 2.45) is 5.92 Å².